The van der Waals surface area contributed by atoms with Crippen LogP contribution in [0.5, 0.6) is 0 Å². The van der Waals surface area contributed by atoms with E-state index < -0.39 is 83.4 Å². The van der Waals surface area contributed by atoms with E-state index in [1.807, 2.05) is 68.5 Å². The van der Waals surface area contributed by atoms with E-state index >= 15 is 0 Å². The number of benzene rings is 1. The molecule has 1 amide bonds. The lowest BCUT2D eigenvalue weighted by atomic mass is 9.73. The summed E-state index contributed by atoms with van der Waals surface area (Å²) < 4.78 is 30.9. The SMILES string of the molecule is CO[C@]1(C)C[C@@H](C)C(=O)[C@H](C)[C@H]2NC(=O)O[C@]2(C)[C@@H](CCC=CCc2cnc3ccccc3c2)OC(=O)[C@H](C)C(=O)[C@H](C)[C@H]1OC1OC(C)CC(N(C)C)C1O. The fourth-order valence-electron chi connectivity index (χ4n) is 8.86. The molecular weight excluding hydrogens is 718 g/mol. The maximum Gasteiger partial charge on any atom is 0.408 e. The Morgan fingerprint density at radius 3 is 2.43 bits per heavy atom. The van der Waals surface area contributed by atoms with Crippen LogP contribution in [0.2, 0.25) is 0 Å². The molecule has 3 saturated heterocycles. The molecule has 1 aromatic heterocycles. The van der Waals surface area contributed by atoms with Crippen molar-refractivity contribution in [2.45, 2.75) is 135 Å². The van der Waals surface area contributed by atoms with Gasteiger partial charge >= 0.3 is 12.1 Å². The van der Waals surface area contributed by atoms with Crippen molar-refractivity contribution in [1.29, 1.82) is 0 Å². The lowest BCUT2D eigenvalue weighted by Gasteiger charge is -2.47. The summed E-state index contributed by atoms with van der Waals surface area (Å²) in [6, 6.07) is 8.87. The Kier molecular flexibility index (Phi) is 13.8. The number of carbonyl (C=O) groups is 4. The standard InChI is InChI=1S/C43H61N3O10/c1-24-22-42(6,52-10)38(55-40-36(49)32(46(8)9)20-25(2)53-40)27(4)35(48)28(5)39(50)54-33(43(7)37(26(3)34(24)47)45-41(51)56-43)19-13-11-12-16-29-21-30-17-14-15-18-31(30)44-23-29/h11-12,14-15,17-18,21,23-28,32-33,36-38,40,49H,13,16,19-20,22H2,1-10H3,(H,45,51)/t24-,25?,26+,27+,28-,32?,33-,36?,37-,38-,40?,42-,43-/m1/s1. The summed E-state index contributed by atoms with van der Waals surface area (Å²) in [5.41, 5.74) is -0.730. The van der Waals surface area contributed by atoms with Crippen LogP contribution < -0.4 is 5.32 Å². The number of nitrogens with zero attached hydrogens (tertiary/aromatic N) is 2. The molecule has 0 radical (unpaired) electrons. The Hall–Kier alpha value is -3.75. The number of hydrogen-bond acceptors (Lipinski definition) is 12. The van der Waals surface area contributed by atoms with Gasteiger partial charge in [0.2, 0.25) is 0 Å². The maximum absolute atomic E-state index is 14.4. The van der Waals surface area contributed by atoms with Gasteiger partial charge in [-0.2, -0.15) is 0 Å². The number of amides is 1. The van der Waals surface area contributed by atoms with Gasteiger partial charge < -0.3 is 39.0 Å². The third kappa shape index (κ3) is 9.18. The van der Waals surface area contributed by atoms with Gasteiger partial charge in [0.05, 0.1) is 29.4 Å². The van der Waals surface area contributed by atoms with E-state index in [0.29, 0.717) is 19.3 Å². The highest BCUT2D eigenvalue weighted by atomic mass is 16.7. The molecule has 1 aromatic carbocycles. The van der Waals surface area contributed by atoms with Crippen molar-refractivity contribution in [2.24, 2.45) is 23.7 Å². The number of allylic oxidation sites excluding steroid dienone is 2. The Bertz CT molecular complexity index is 1770. The van der Waals surface area contributed by atoms with E-state index in [0.717, 1.165) is 16.5 Å². The molecule has 308 valence electrons. The third-order valence-corrected chi connectivity index (χ3v) is 12.3. The molecule has 2 aromatic rings. The molecule has 4 unspecified atom stereocenters. The van der Waals surface area contributed by atoms with Crippen LogP contribution in [0.3, 0.4) is 0 Å². The van der Waals surface area contributed by atoms with E-state index in [-0.39, 0.29) is 30.8 Å². The quantitative estimate of drug-likeness (QED) is 0.195. The first-order valence-electron chi connectivity index (χ1n) is 19.9. The molecule has 0 aliphatic carbocycles. The number of hydrogen-bond donors (Lipinski definition) is 2. The molecule has 0 spiro atoms. The van der Waals surface area contributed by atoms with Crippen LogP contribution in [0.25, 0.3) is 10.9 Å². The Morgan fingerprint density at radius 1 is 1.02 bits per heavy atom. The van der Waals surface area contributed by atoms with Crippen molar-refractivity contribution in [3.05, 3.63) is 54.2 Å². The van der Waals surface area contributed by atoms with Gasteiger partial charge in [-0.25, -0.2) is 4.79 Å². The number of esters is 1. The van der Waals surface area contributed by atoms with E-state index in [4.69, 9.17) is 23.7 Å². The molecule has 0 bridgehead atoms. The molecule has 3 aliphatic heterocycles. The average Bonchev–Trinajstić information content (AvgIpc) is 3.49. The molecule has 0 saturated carbocycles. The molecule has 13 heteroatoms. The highest BCUT2D eigenvalue weighted by Crippen LogP contribution is 2.40. The van der Waals surface area contributed by atoms with Gasteiger partial charge in [0, 0.05) is 42.5 Å². The number of likely N-dealkylation sites (N-methyl/N-ethyl adjacent to an activating group) is 1. The normalized spacial score (nSPS) is 37.6. The van der Waals surface area contributed by atoms with E-state index in [1.165, 1.54) is 14.0 Å². The smallest absolute Gasteiger partial charge is 0.408 e. The van der Waals surface area contributed by atoms with Crippen molar-refractivity contribution in [2.75, 3.05) is 21.2 Å². The second kappa shape index (κ2) is 17.8. The fraction of sp³-hybridized carbons (Fsp3) is 0.651. The highest BCUT2D eigenvalue weighted by Gasteiger charge is 2.57. The van der Waals surface area contributed by atoms with Crippen molar-refractivity contribution in [3.63, 3.8) is 0 Å². The topological polar surface area (TPSA) is 163 Å². The molecular formula is C43H61N3O10. The number of rotatable bonds is 9. The zero-order valence-electron chi connectivity index (χ0n) is 34.5. The zero-order valence-corrected chi connectivity index (χ0v) is 34.5. The summed E-state index contributed by atoms with van der Waals surface area (Å²) in [6.45, 7) is 12.0. The van der Waals surface area contributed by atoms with Crippen LogP contribution >= 0.6 is 0 Å². The van der Waals surface area contributed by atoms with E-state index in [9.17, 15) is 24.3 Å². The van der Waals surface area contributed by atoms with Crippen LogP contribution in [0.1, 0.15) is 79.7 Å². The van der Waals surface area contributed by atoms with Crippen molar-refractivity contribution < 1.29 is 48.0 Å². The largest absolute Gasteiger partial charge is 0.457 e. The van der Waals surface area contributed by atoms with Gasteiger partial charge in [0.15, 0.2) is 17.7 Å². The molecule has 13 atom stereocenters. The molecule has 13 nitrogen and oxygen atoms in total. The van der Waals surface area contributed by atoms with Crippen molar-refractivity contribution in [1.82, 2.24) is 15.2 Å². The van der Waals surface area contributed by atoms with Gasteiger partial charge in [0.25, 0.3) is 0 Å². The minimum absolute atomic E-state index is 0.127. The Balaban J connectivity index is 1.44. The lowest BCUT2D eigenvalue weighted by molar-refractivity contribution is -0.295. The summed E-state index contributed by atoms with van der Waals surface area (Å²) in [7, 11) is 5.22. The predicted molar refractivity (Wildman–Crippen MR) is 210 cm³/mol. The van der Waals surface area contributed by atoms with Crippen molar-refractivity contribution in [3.8, 4) is 0 Å². The number of alkyl carbamates (subject to hydrolysis) is 1. The second-order valence-electron chi connectivity index (χ2n) is 16.8. The van der Waals surface area contributed by atoms with E-state index in [1.54, 1.807) is 34.6 Å². The second-order valence-corrected chi connectivity index (χ2v) is 16.8. The fourth-order valence-corrected chi connectivity index (χ4v) is 8.86. The highest BCUT2D eigenvalue weighted by molar-refractivity contribution is 6.00. The maximum atomic E-state index is 14.4. The molecule has 3 aliphatic rings. The van der Waals surface area contributed by atoms with Gasteiger partial charge in [-0.05, 0) is 91.6 Å². The number of aliphatic hydroxyl groups is 1. The number of pyridine rings is 1. The van der Waals surface area contributed by atoms with Crippen LogP contribution in [0, 0.1) is 23.7 Å². The minimum Gasteiger partial charge on any atom is -0.457 e. The number of carbonyl (C=O) groups excluding carboxylic acids is 4. The van der Waals surface area contributed by atoms with Gasteiger partial charge in [-0.3, -0.25) is 19.4 Å². The lowest BCUT2D eigenvalue weighted by Crippen LogP contribution is -2.60. The van der Waals surface area contributed by atoms with Crippen molar-refractivity contribution >= 4 is 34.5 Å². The number of cyclic esters (lactones) is 1. The van der Waals surface area contributed by atoms with Gasteiger partial charge in [-0.1, -0.05) is 51.1 Å². The molecule has 2 N–H and O–H groups in total. The number of nitrogens with one attached hydrogen (secondary N) is 1. The minimum atomic E-state index is -1.43. The number of ketones is 2. The third-order valence-electron chi connectivity index (χ3n) is 12.3. The summed E-state index contributed by atoms with van der Waals surface area (Å²) in [5.74, 6) is -5.04. The van der Waals surface area contributed by atoms with Crippen LogP contribution in [-0.4, -0.2) is 114 Å². The number of methoxy groups -OCH3 is 1. The zero-order chi connectivity index (χ0) is 41.1. The summed E-state index contributed by atoms with van der Waals surface area (Å²) in [6.07, 6.45) is 2.66. The first kappa shape index (κ1) is 43.4. The molecule has 4 heterocycles. The van der Waals surface area contributed by atoms with Gasteiger partial charge in [-0.15, -0.1) is 0 Å². The summed E-state index contributed by atoms with van der Waals surface area (Å²) >= 11 is 0. The summed E-state index contributed by atoms with van der Waals surface area (Å²) in [5, 5.41) is 15.3. The molecule has 5 rings (SSSR count). The summed E-state index contributed by atoms with van der Waals surface area (Å²) in [4.78, 5) is 62.2. The first-order chi connectivity index (χ1) is 26.4. The predicted octanol–water partition coefficient (Wildman–Crippen LogP) is 5.20. The monoisotopic (exact) mass is 779 g/mol. The first-order valence-corrected chi connectivity index (χ1v) is 19.9. The number of aromatic nitrogens is 1. The average molecular weight is 780 g/mol. The van der Waals surface area contributed by atoms with Crippen LogP contribution in [-0.2, 0) is 44.5 Å². The van der Waals surface area contributed by atoms with Crippen LogP contribution in [0.4, 0.5) is 4.79 Å². The number of Topliss-reactive ketones (excluding diaryl/α,β-unsaturated/α-hetero) is 2. The Labute approximate surface area is 330 Å². The number of ether oxygens (including phenoxy) is 5. The number of fused-ring (bicyclic) bond motifs is 2. The van der Waals surface area contributed by atoms with E-state index in [2.05, 4.69) is 16.4 Å². The van der Waals surface area contributed by atoms with Crippen LogP contribution in [0.15, 0.2) is 48.7 Å². The number of aliphatic hydroxyl groups excluding tert-OH is 1. The molecule has 3 fully saturated rings. The Morgan fingerprint density at radius 2 is 1.73 bits per heavy atom. The molecule has 56 heavy (non-hydrogen) atoms. The van der Waals surface area contributed by atoms with Gasteiger partial charge in [0.1, 0.15) is 23.9 Å². The number of para-hydroxylation sites is 1.